The van der Waals surface area contributed by atoms with E-state index in [1.165, 1.54) is 24.6 Å². The number of nitrogens with one attached hydrogen (secondary N) is 2. The highest BCUT2D eigenvalue weighted by molar-refractivity contribution is 5.92. The van der Waals surface area contributed by atoms with Gasteiger partial charge in [0.05, 0.1) is 20.1 Å². The van der Waals surface area contributed by atoms with Gasteiger partial charge in [0.2, 0.25) is 11.8 Å². The molecular weight excluding hydrogens is 421 g/mol. The van der Waals surface area contributed by atoms with Crippen LogP contribution in [0.25, 0.3) is 0 Å². The predicted molar refractivity (Wildman–Crippen MR) is 114 cm³/mol. The standard InChI is InChI=1S/C22H32FN3O6/c1-4-5-7-15(19(23)21(28)25-30)22(29)26-11-6-8-16(26)20(27)24-13-14-9-10-17(31-2)18(12-14)32-3/h9-10,12,15-16,19,30H,4-8,11,13H2,1-3H3,(H,24,27)(H,25,28). The van der Waals surface area contributed by atoms with Gasteiger partial charge in [-0.1, -0.05) is 25.8 Å². The molecule has 3 N–H and O–H groups in total. The number of alkyl halides is 1. The summed E-state index contributed by atoms with van der Waals surface area (Å²) in [6, 6.07) is 4.54. The summed E-state index contributed by atoms with van der Waals surface area (Å²) in [5, 5.41) is 11.6. The molecule has 0 saturated carbocycles. The van der Waals surface area contributed by atoms with Crippen LogP contribution in [0.4, 0.5) is 4.39 Å². The summed E-state index contributed by atoms with van der Waals surface area (Å²) in [6.45, 7) is 2.42. The number of rotatable bonds is 11. The van der Waals surface area contributed by atoms with Crippen LogP contribution in [0, 0.1) is 5.92 Å². The van der Waals surface area contributed by atoms with Gasteiger partial charge < -0.3 is 19.7 Å². The zero-order valence-electron chi connectivity index (χ0n) is 18.7. The van der Waals surface area contributed by atoms with E-state index >= 15 is 0 Å². The van der Waals surface area contributed by atoms with Crippen molar-refractivity contribution in [3.63, 3.8) is 0 Å². The van der Waals surface area contributed by atoms with Crippen LogP contribution in [0.15, 0.2) is 18.2 Å². The highest BCUT2D eigenvalue weighted by Crippen LogP contribution is 2.28. The van der Waals surface area contributed by atoms with E-state index in [1.54, 1.807) is 18.2 Å². The molecule has 1 aromatic carbocycles. The van der Waals surface area contributed by atoms with Crippen LogP contribution in [0.5, 0.6) is 11.5 Å². The van der Waals surface area contributed by atoms with Gasteiger partial charge >= 0.3 is 0 Å². The Labute approximate surface area is 187 Å². The number of hydrogen-bond acceptors (Lipinski definition) is 6. The molecule has 0 spiro atoms. The first-order valence-electron chi connectivity index (χ1n) is 10.7. The number of halogens is 1. The molecule has 9 nitrogen and oxygen atoms in total. The SMILES string of the molecule is CCCCC(C(=O)N1CCCC1C(=O)NCc1ccc(OC)c(OC)c1)C(F)C(=O)NO. The summed E-state index contributed by atoms with van der Waals surface area (Å²) in [6.07, 6.45) is 0.277. The fourth-order valence-corrected chi connectivity index (χ4v) is 3.88. The van der Waals surface area contributed by atoms with Crippen LogP contribution in [0.3, 0.4) is 0 Å². The van der Waals surface area contributed by atoms with E-state index < -0.39 is 29.9 Å². The molecule has 1 aromatic rings. The lowest BCUT2D eigenvalue weighted by Crippen LogP contribution is -2.50. The first-order chi connectivity index (χ1) is 15.4. The van der Waals surface area contributed by atoms with Crippen molar-refractivity contribution in [1.29, 1.82) is 0 Å². The molecule has 1 fully saturated rings. The lowest BCUT2D eigenvalue weighted by molar-refractivity contribution is -0.149. The maximum Gasteiger partial charge on any atom is 0.278 e. The third kappa shape index (κ3) is 6.09. The number of hydrogen-bond donors (Lipinski definition) is 3. The minimum atomic E-state index is -2.19. The highest BCUT2D eigenvalue weighted by Gasteiger charge is 2.41. The van der Waals surface area contributed by atoms with Gasteiger partial charge in [0.25, 0.3) is 5.91 Å². The lowest BCUT2D eigenvalue weighted by atomic mass is 9.94. The van der Waals surface area contributed by atoms with Gasteiger partial charge in [-0.15, -0.1) is 0 Å². The van der Waals surface area contributed by atoms with Gasteiger partial charge in [0.15, 0.2) is 17.7 Å². The third-order valence-electron chi connectivity index (χ3n) is 5.65. The topological polar surface area (TPSA) is 117 Å². The van der Waals surface area contributed by atoms with Crippen molar-refractivity contribution in [2.24, 2.45) is 5.92 Å². The summed E-state index contributed by atoms with van der Waals surface area (Å²) in [5.74, 6) is -2.33. The summed E-state index contributed by atoms with van der Waals surface area (Å²) in [4.78, 5) is 38.9. The molecule has 3 amide bonds. The second-order valence-corrected chi connectivity index (χ2v) is 7.72. The average molecular weight is 454 g/mol. The van der Waals surface area contributed by atoms with Gasteiger partial charge in [-0.3, -0.25) is 19.6 Å². The van der Waals surface area contributed by atoms with Gasteiger partial charge in [0, 0.05) is 13.1 Å². The molecule has 1 aliphatic rings. The Kier molecular flexibility index (Phi) is 9.70. The van der Waals surface area contributed by atoms with E-state index in [-0.39, 0.29) is 18.9 Å². The van der Waals surface area contributed by atoms with Crippen molar-refractivity contribution in [2.75, 3.05) is 20.8 Å². The van der Waals surface area contributed by atoms with E-state index in [0.29, 0.717) is 43.7 Å². The van der Waals surface area contributed by atoms with Crippen LogP contribution >= 0.6 is 0 Å². The molecule has 2 rings (SSSR count). The second kappa shape index (κ2) is 12.2. The number of amides is 3. The number of nitrogens with zero attached hydrogens (tertiary/aromatic N) is 1. The molecule has 0 radical (unpaired) electrons. The van der Waals surface area contributed by atoms with Gasteiger partial charge in [0.1, 0.15) is 6.04 Å². The minimum Gasteiger partial charge on any atom is -0.493 e. The normalized spacial score (nSPS) is 17.4. The number of likely N-dealkylation sites (tertiary alicyclic amines) is 1. The molecule has 3 atom stereocenters. The molecule has 3 unspecified atom stereocenters. The molecule has 0 aromatic heterocycles. The summed E-state index contributed by atoms with van der Waals surface area (Å²) >= 11 is 0. The maximum atomic E-state index is 14.6. The van der Waals surface area contributed by atoms with Crippen molar-refractivity contribution in [1.82, 2.24) is 15.7 Å². The number of methoxy groups -OCH3 is 2. The quantitative estimate of drug-likeness (QED) is 0.348. The summed E-state index contributed by atoms with van der Waals surface area (Å²) in [7, 11) is 3.05. The number of carbonyl (C=O) groups excluding carboxylic acids is 3. The fraction of sp³-hybridized carbons (Fsp3) is 0.591. The molecule has 0 aliphatic carbocycles. The molecule has 32 heavy (non-hydrogen) atoms. The molecule has 178 valence electrons. The van der Waals surface area contributed by atoms with Crippen molar-refractivity contribution in [3.8, 4) is 11.5 Å². The Balaban J connectivity index is 2.08. The van der Waals surface area contributed by atoms with Gasteiger partial charge in [-0.25, -0.2) is 9.87 Å². The molecule has 1 aliphatic heterocycles. The van der Waals surface area contributed by atoms with E-state index in [1.807, 2.05) is 6.92 Å². The van der Waals surface area contributed by atoms with E-state index in [9.17, 15) is 18.8 Å². The van der Waals surface area contributed by atoms with Crippen LogP contribution in [0.1, 0.15) is 44.6 Å². The monoisotopic (exact) mass is 453 g/mol. The van der Waals surface area contributed by atoms with Crippen molar-refractivity contribution < 1.29 is 33.5 Å². The first-order valence-corrected chi connectivity index (χ1v) is 10.7. The Morgan fingerprint density at radius 2 is 1.97 bits per heavy atom. The Hall–Kier alpha value is -2.88. The van der Waals surface area contributed by atoms with Crippen LogP contribution < -0.4 is 20.3 Å². The molecule has 1 saturated heterocycles. The molecule has 10 heteroatoms. The number of hydroxylamine groups is 1. The Morgan fingerprint density at radius 1 is 1.25 bits per heavy atom. The van der Waals surface area contributed by atoms with Crippen molar-refractivity contribution in [2.45, 2.75) is 57.8 Å². The number of benzene rings is 1. The smallest absolute Gasteiger partial charge is 0.278 e. The Bertz CT molecular complexity index is 806. The largest absolute Gasteiger partial charge is 0.493 e. The second-order valence-electron chi connectivity index (χ2n) is 7.72. The van der Waals surface area contributed by atoms with Crippen LogP contribution in [-0.2, 0) is 20.9 Å². The van der Waals surface area contributed by atoms with E-state index in [4.69, 9.17) is 14.7 Å². The van der Waals surface area contributed by atoms with Crippen LogP contribution in [0.2, 0.25) is 0 Å². The highest BCUT2D eigenvalue weighted by atomic mass is 19.1. The van der Waals surface area contributed by atoms with Gasteiger partial charge in [-0.05, 0) is 37.0 Å². The molecule has 0 bridgehead atoms. The summed E-state index contributed by atoms with van der Waals surface area (Å²) < 4.78 is 25.0. The number of ether oxygens (including phenoxy) is 2. The molecule has 1 heterocycles. The molecular formula is C22H32FN3O6. The number of unbranched alkanes of at least 4 members (excludes halogenated alkanes) is 1. The zero-order chi connectivity index (χ0) is 23.7. The average Bonchev–Trinajstić information content (AvgIpc) is 3.31. The minimum absolute atomic E-state index is 0.153. The summed E-state index contributed by atoms with van der Waals surface area (Å²) in [5.41, 5.74) is 2.06. The van der Waals surface area contributed by atoms with E-state index in [2.05, 4.69) is 5.32 Å². The zero-order valence-corrected chi connectivity index (χ0v) is 18.7. The predicted octanol–water partition coefficient (Wildman–Crippen LogP) is 1.96. The van der Waals surface area contributed by atoms with Gasteiger partial charge in [-0.2, -0.15) is 0 Å². The first kappa shape index (κ1) is 25.4. The van der Waals surface area contributed by atoms with Crippen LogP contribution in [-0.4, -0.2) is 60.8 Å². The maximum absolute atomic E-state index is 14.6. The number of carbonyl (C=O) groups is 3. The van der Waals surface area contributed by atoms with E-state index in [0.717, 1.165) is 5.56 Å². The fourth-order valence-electron chi connectivity index (χ4n) is 3.88. The lowest BCUT2D eigenvalue weighted by Gasteiger charge is -2.29. The Morgan fingerprint density at radius 3 is 2.59 bits per heavy atom. The van der Waals surface area contributed by atoms with Crippen molar-refractivity contribution >= 4 is 17.7 Å². The third-order valence-corrected chi connectivity index (χ3v) is 5.65. The van der Waals surface area contributed by atoms with Crippen molar-refractivity contribution in [3.05, 3.63) is 23.8 Å².